The van der Waals surface area contributed by atoms with Gasteiger partial charge >= 0.3 is 17.7 Å². The first kappa shape index (κ1) is 44.7. The SMILES string of the molecule is CCCC/C=C\C=C/O[C@@H](CC)CCC(CCC)CCCCCCCC(=O)O[C@]1(O)[C@]2(O)O[C@H](CO[C@H]3O[C@H](CO)[C@H](O)[C@H](O)[C@H]3O)[C@H](O)[C@@]1(O)O2. The average molecular weight is 749 g/mol. The predicted molar refractivity (Wildman–Crippen MR) is 186 cm³/mol. The summed E-state index contributed by atoms with van der Waals surface area (Å²) in [5, 5.41) is 82.6. The molecule has 12 atom stereocenters. The second-order valence-corrected chi connectivity index (χ2v) is 14.2. The van der Waals surface area contributed by atoms with E-state index in [1.54, 1.807) is 6.26 Å². The molecule has 4 saturated heterocycles. The molecule has 0 spiro atoms. The van der Waals surface area contributed by atoms with Crippen LogP contribution in [0.2, 0.25) is 0 Å². The van der Waals surface area contributed by atoms with Gasteiger partial charge in [-0.15, -0.1) is 0 Å². The Kier molecular flexibility index (Phi) is 18.4. The summed E-state index contributed by atoms with van der Waals surface area (Å²) >= 11 is 0. The molecule has 0 saturated carbocycles. The van der Waals surface area contributed by atoms with Gasteiger partial charge in [0.1, 0.15) is 36.6 Å². The first-order valence-electron chi connectivity index (χ1n) is 19.1. The maximum Gasteiger partial charge on any atom is 0.359 e. The van der Waals surface area contributed by atoms with Crippen molar-refractivity contribution in [1.82, 2.24) is 0 Å². The number of aliphatic hydroxyl groups excluding tert-OH is 5. The number of hydrogen-bond donors (Lipinski definition) is 8. The van der Waals surface area contributed by atoms with Crippen LogP contribution in [-0.2, 0) is 33.2 Å². The minimum absolute atomic E-state index is 0.131. The van der Waals surface area contributed by atoms with Crippen molar-refractivity contribution in [1.29, 1.82) is 0 Å². The molecule has 4 rings (SSSR count). The molecule has 0 amide bonds. The number of ether oxygens (including phenoxy) is 6. The highest BCUT2D eigenvalue weighted by atomic mass is 17.0. The van der Waals surface area contributed by atoms with Gasteiger partial charge in [0.2, 0.25) is 0 Å². The third-order valence-electron chi connectivity index (χ3n) is 10.2. The maximum absolute atomic E-state index is 12.6. The van der Waals surface area contributed by atoms with Gasteiger partial charge in [-0.2, -0.15) is 0 Å². The Bertz CT molecular complexity index is 1100. The van der Waals surface area contributed by atoms with E-state index in [0.29, 0.717) is 12.3 Å². The number of aliphatic hydroxyl groups is 8. The maximum atomic E-state index is 12.6. The predicted octanol–water partition coefficient (Wildman–Crippen LogP) is 2.14. The third kappa shape index (κ3) is 11.2. The smallest absolute Gasteiger partial charge is 0.359 e. The van der Waals surface area contributed by atoms with Crippen LogP contribution >= 0.6 is 0 Å². The summed E-state index contributed by atoms with van der Waals surface area (Å²) in [5.74, 6) is -9.52. The molecule has 1 unspecified atom stereocenters. The Morgan fingerprint density at radius 2 is 1.56 bits per heavy atom. The molecule has 0 aliphatic carbocycles. The lowest BCUT2D eigenvalue weighted by atomic mass is 9.84. The zero-order chi connectivity index (χ0) is 38.4. The molecule has 52 heavy (non-hydrogen) atoms. The van der Waals surface area contributed by atoms with E-state index in [0.717, 1.165) is 64.2 Å². The van der Waals surface area contributed by atoms with Crippen molar-refractivity contribution in [2.45, 2.75) is 184 Å². The number of fused-ring (bicyclic) bond motifs is 2. The van der Waals surface area contributed by atoms with Crippen LogP contribution in [0.4, 0.5) is 0 Å². The summed E-state index contributed by atoms with van der Waals surface area (Å²) in [4.78, 5) is 12.6. The number of esters is 1. The first-order valence-corrected chi connectivity index (χ1v) is 19.1. The molecule has 15 heteroatoms. The third-order valence-corrected chi connectivity index (χ3v) is 10.2. The van der Waals surface area contributed by atoms with E-state index in [9.17, 15) is 45.6 Å². The van der Waals surface area contributed by atoms with E-state index in [1.165, 1.54) is 19.3 Å². The van der Waals surface area contributed by atoms with Gasteiger partial charge in [-0.1, -0.05) is 90.7 Å². The molecule has 4 aliphatic heterocycles. The number of allylic oxidation sites excluding steroid dienone is 3. The van der Waals surface area contributed by atoms with Gasteiger partial charge in [0.25, 0.3) is 5.79 Å². The van der Waals surface area contributed by atoms with Crippen molar-refractivity contribution >= 4 is 5.97 Å². The Morgan fingerprint density at radius 1 is 0.827 bits per heavy atom. The minimum atomic E-state index is -3.16. The molecule has 15 nitrogen and oxygen atoms in total. The van der Waals surface area contributed by atoms with Crippen LogP contribution in [0.5, 0.6) is 0 Å². The van der Waals surface area contributed by atoms with Crippen LogP contribution in [0.3, 0.4) is 0 Å². The van der Waals surface area contributed by atoms with Crippen molar-refractivity contribution in [2.24, 2.45) is 5.92 Å². The molecule has 2 bridgehead atoms. The molecule has 0 aromatic carbocycles. The van der Waals surface area contributed by atoms with Crippen LogP contribution < -0.4 is 0 Å². The summed E-state index contributed by atoms with van der Waals surface area (Å²) in [7, 11) is 0. The van der Waals surface area contributed by atoms with E-state index in [1.807, 2.05) is 12.2 Å². The van der Waals surface area contributed by atoms with E-state index in [2.05, 4.69) is 26.8 Å². The Labute approximate surface area is 307 Å². The molecule has 0 aromatic heterocycles. The highest BCUT2D eigenvalue weighted by Crippen LogP contribution is 2.56. The van der Waals surface area contributed by atoms with E-state index in [4.69, 9.17) is 28.4 Å². The lowest BCUT2D eigenvalue weighted by Crippen LogP contribution is -2.92. The van der Waals surface area contributed by atoms with Crippen LogP contribution in [0.1, 0.15) is 117 Å². The number of carbonyl (C=O) groups excluding carboxylic acids is 1. The second-order valence-electron chi connectivity index (χ2n) is 14.2. The van der Waals surface area contributed by atoms with Gasteiger partial charge in [0, 0.05) is 6.42 Å². The molecule has 0 aromatic rings. The lowest BCUT2D eigenvalue weighted by Gasteiger charge is -2.64. The summed E-state index contributed by atoms with van der Waals surface area (Å²) in [6, 6.07) is 0. The van der Waals surface area contributed by atoms with Gasteiger partial charge in [-0.25, -0.2) is 0 Å². The number of hydrogen-bond acceptors (Lipinski definition) is 15. The highest BCUT2D eigenvalue weighted by molar-refractivity contribution is 5.70. The van der Waals surface area contributed by atoms with Crippen LogP contribution in [-0.4, -0.2) is 127 Å². The van der Waals surface area contributed by atoms with Gasteiger partial charge in [-0.05, 0) is 44.1 Å². The molecule has 4 aliphatic rings. The van der Waals surface area contributed by atoms with E-state index < -0.39 is 79.6 Å². The molecule has 0 radical (unpaired) electrons. The van der Waals surface area contributed by atoms with Gasteiger partial charge in [0.15, 0.2) is 6.29 Å². The Morgan fingerprint density at radius 3 is 2.25 bits per heavy atom. The summed E-state index contributed by atoms with van der Waals surface area (Å²) in [5.41, 5.74) is 0. The van der Waals surface area contributed by atoms with Crippen molar-refractivity contribution in [3.05, 3.63) is 24.5 Å². The summed E-state index contributed by atoms with van der Waals surface area (Å²) in [6.07, 6.45) is 10.5. The van der Waals surface area contributed by atoms with E-state index >= 15 is 0 Å². The van der Waals surface area contributed by atoms with E-state index in [-0.39, 0.29) is 12.5 Å². The number of unbranched alkanes of at least 4 members (excludes halogenated alkanes) is 6. The molecule has 4 heterocycles. The highest BCUT2D eigenvalue weighted by Gasteiger charge is 2.88. The van der Waals surface area contributed by atoms with Crippen LogP contribution in [0.25, 0.3) is 0 Å². The van der Waals surface area contributed by atoms with Gasteiger partial charge in [0.05, 0.1) is 25.6 Å². The largest absolute Gasteiger partial charge is 0.498 e. The van der Waals surface area contributed by atoms with Gasteiger partial charge in [-0.3, -0.25) is 9.53 Å². The lowest BCUT2D eigenvalue weighted by molar-refractivity contribution is -0.684. The van der Waals surface area contributed by atoms with Crippen LogP contribution in [0.15, 0.2) is 24.5 Å². The number of rotatable bonds is 25. The monoisotopic (exact) mass is 748 g/mol. The second kappa shape index (κ2) is 21.4. The standard InChI is InChI=1S/C37H64O15/c1-4-7-8-9-13-16-22-47-26(6-3)21-20-25(17-5-2)18-14-11-10-12-15-19-29(39)51-36(45)35(44)33(43)28(50-37(36,46)52-35)24-48-34-32(42)31(41)30(40)27(23-38)49-34/h9,13,16,22,25-28,30-34,38,40-46H,4-8,10-12,14-15,17-21,23-24H2,1-3H3/b13-9-,22-16-/t25?,26-,27+,28+,30-,31-,32+,33-,34-,35+,36-,37-/m0/s1. The fourth-order valence-corrected chi connectivity index (χ4v) is 6.85. The average Bonchev–Trinajstić information content (AvgIpc) is 3.12. The zero-order valence-corrected chi connectivity index (χ0v) is 31.0. The topological polar surface area (TPSA) is 234 Å². The fourth-order valence-electron chi connectivity index (χ4n) is 6.85. The van der Waals surface area contributed by atoms with Crippen molar-refractivity contribution < 1.29 is 74.1 Å². The molecule has 302 valence electrons. The summed E-state index contributed by atoms with van der Waals surface area (Å²) in [6.45, 7) is 5.14. The van der Waals surface area contributed by atoms with Crippen LogP contribution in [0, 0.1) is 5.92 Å². The normalized spacial score (nSPS) is 35.8. The first-order chi connectivity index (χ1) is 24.8. The minimum Gasteiger partial charge on any atom is -0.498 e. The molecule has 4 fully saturated rings. The summed E-state index contributed by atoms with van der Waals surface area (Å²) < 4.78 is 31.6. The van der Waals surface area contributed by atoms with Crippen molar-refractivity contribution in [3.8, 4) is 0 Å². The molecular formula is C37H64O15. The molecule has 8 N–H and O–H groups in total. The fraction of sp³-hybridized carbons (Fsp3) is 0.865. The number of carbonyl (C=O) groups is 1. The zero-order valence-electron chi connectivity index (χ0n) is 31.0. The quantitative estimate of drug-likeness (QED) is 0.0220. The van der Waals surface area contributed by atoms with Gasteiger partial charge < -0.3 is 64.5 Å². The Hall–Kier alpha value is -1.73. The van der Waals surface area contributed by atoms with Crippen molar-refractivity contribution in [2.75, 3.05) is 13.2 Å². The Balaban J connectivity index is 1.35. The van der Waals surface area contributed by atoms with Crippen molar-refractivity contribution in [3.63, 3.8) is 0 Å². The molecular weight excluding hydrogens is 684 g/mol.